The van der Waals surface area contributed by atoms with Gasteiger partial charge in [-0.1, -0.05) is 24.3 Å². The Balaban J connectivity index is 1.83. The van der Waals surface area contributed by atoms with Crippen LogP contribution in [0.25, 0.3) is 0 Å². The number of non-ortho nitro benzene ring substituents is 1. The van der Waals surface area contributed by atoms with Gasteiger partial charge in [-0.25, -0.2) is 0 Å². The molecule has 0 N–H and O–H groups in total. The molecule has 0 saturated carbocycles. The average Bonchev–Trinajstić information content (AvgIpc) is 2.87. The summed E-state index contributed by atoms with van der Waals surface area (Å²) in [6.45, 7) is 1.91. The second kappa shape index (κ2) is 6.59. The van der Waals surface area contributed by atoms with Crippen LogP contribution in [0, 0.1) is 10.1 Å². The Morgan fingerprint density at radius 2 is 1.73 bits per heavy atom. The smallest absolute Gasteiger partial charge is 0.269 e. The lowest BCUT2D eigenvalue weighted by atomic mass is 9.80. The number of hydrogen-bond donors (Lipinski definition) is 0. The van der Waals surface area contributed by atoms with E-state index in [1.54, 1.807) is 26.2 Å². The summed E-state index contributed by atoms with van der Waals surface area (Å²) in [6, 6.07) is 12.9. The minimum absolute atomic E-state index is 0.0123. The van der Waals surface area contributed by atoms with Gasteiger partial charge in [0.15, 0.2) is 5.78 Å². The van der Waals surface area contributed by atoms with Gasteiger partial charge in [-0.2, -0.15) is 0 Å². The Kier molecular flexibility index (Phi) is 4.46. The Labute approximate surface area is 150 Å². The number of carbonyl (C=O) groups is 2. The van der Waals surface area contributed by atoms with E-state index in [0.29, 0.717) is 17.9 Å². The van der Waals surface area contributed by atoms with Crippen LogP contribution in [0.4, 0.5) is 5.69 Å². The van der Waals surface area contributed by atoms with Crippen molar-refractivity contribution < 1.29 is 19.2 Å². The summed E-state index contributed by atoms with van der Waals surface area (Å²) in [5, 5.41) is 10.8. The Morgan fingerprint density at radius 3 is 2.27 bits per heavy atom. The molecular formula is C19H18N2O5. The van der Waals surface area contributed by atoms with Crippen molar-refractivity contribution in [1.82, 2.24) is 4.90 Å². The molecule has 134 valence electrons. The number of benzene rings is 2. The third kappa shape index (κ3) is 2.92. The summed E-state index contributed by atoms with van der Waals surface area (Å²) in [5.74, 6) is 0.199. The first-order valence-corrected chi connectivity index (χ1v) is 8.07. The summed E-state index contributed by atoms with van der Waals surface area (Å²) in [7, 11) is 1.58. The maximum absolute atomic E-state index is 12.9. The maximum Gasteiger partial charge on any atom is 0.269 e. The third-order valence-electron chi connectivity index (χ3n) is 4.80. The predicted molar refractivity (Wildman–Crippen MR) is 93.9 cm³/mol. The highest BCUT2D eigenvalue weighted by molar-refractivity contribution is 6.17. The lowest BCUT2D eigenvalue weighted by Gasteiger charge is -2.22. The van der Waals surface area contributed by atoms with Gasteiger partial charge < -0.3 is 9.64 Å². The quantitative estimate of drug-likeness (QED) is 0.467. The molecular weight excluding hydrogens is 336 g/mol. The van der Waals surface area contributed by atoms with Gasteiger partial charge in [-0.05, 0) is 30.2 Å². The predicted octanol–water partition coefficient (Wildman–Crippen LogP) is 2.47. The number of likely N-dealkylation sites (tertiary alicyclic amines) is 1. The minimum Gasteiger partial charge on any atom is -0.497 e. The van der Waals surface area contributed by atoms with E-state index in [-0.39, 0.29) is 23.9 Å². The average molecular weight is 354 g/mol. The number of ketones is 1. The van der Waals surface area contributed by atoms with Gasteiger partial charge in [0.2, 0.25) is 5.91 Å². The van der Waals surface area contributed by atoms with Crippen LogP contribution in [0.5, 0.6) is 5.75 Å². The number of amides is 1. The van der Waals surface area contributed by atoms with Crippen LogP contribution < -0.4 is 4.74 Å². The lowest BCUT2D eigenvalue weighted by Crippen LogP contribution is -2.38. The normalized spacial score (nSPS) is 19.7. The van der Waals surface area contributed by atoms with E-state index in [1.165, 1.54) is 29.2 Å². The van der Waals surface area contributed by atoms with Gasteiger partial charge in [0.1, 0.15) is 11.2 Å². The molecule has 26 heavy (non-hydrogen) atoms. The van der Waals surface area contributed by atoms with Crippen molar-refractivity contribution in [2.45, 2.75) is 18.9 Å². The zero-order valence-electron chi connectivity index (χ0n) is 14.5. The monoisotopic (exact) mass is 354 g/mol. The highest BCUT2D eigenvalue weighted by atomic mass is 16.6. The first-order chi connectivity index (χ1) is 12.4. The standard InChI is InChI=1S/C19H18N2O5/c1-19(14-5-7-15(8-6-14)21(24)25)17(22)12-20(18(19)23)11-13-3-9-16(26-2)10-4-13/h3-10H,11-12H2,1-2H3. The van der Waals surface area contributed by atoms with Gasteiger partial charge in [0, 0.05) is 18.7 Å². The van der Waals surface area contributed by atoms with Crippen LogP contribution in [-0.2, 0) is 21.5 Å². The molecule has 7 heteroatoms. The molecule has 1 fully saturated rings. The van der Waals surface area contributed by atoms with Crippen LogP contribution >= 0.6 is 0 Å². The molecule has 2 aromatic carbocycles. The molecule has 1 amide bonds. The van der Waals surface area contributed by atoms with E-state index < -0.39 is 10.3 Å². The summed E-state index contributed by atoms with van der Waals surface area (Å²) in [5.41, 5.74) is -0.0396. The minimum atomic E-state index is -1.32. The van der Waals surface area contributed by atoms with Crippen LogP contribution in [0.1, 0.15) is 18.1 Å². The number of ether oxygens (including phenoxy) is 1. The number of Topliss-reactive ketones (excluding diaryl/α,β-unsaturated/α-hetero) is 1. The van der Waals surface area contributed by atoms with Crippen LogP contribution in [0.15, 0.2) is 48.5 Å². The van der Waals surface area contributed by atoms with E-state index in [1.807, 2.05) is 12.1 Å². The molecule has 1 heterocycles. The second-order valence-electron chi connectivity index (χ2n) is 6.36. The number of carbonyl (C=O) groups excluding carboxylic acids is 2. The summed E-state index contributed by atoms with van der Waals surface area (Å²) in [4.78, 5) is 37.3. The molecule has 0 bridgehead atoms. The van der Waals surface area contributed by atoms with Gasteiger partial charge in [-0.15, -0.1) is 0 Å². The number of nitro groups is 1. The fourth-order valence-electron chi connectivity index (χ4n) is 3.12. The van der Waals surface area contributed by atoms with Gasteiger partial charge in [0.25, 0.3) is 5.69 Å². The van der Waals surface area contributed by atoms with Crippen LogP contribution in [0.3, 0.4) is 0 Å². The highest BCUT2D eigenvalue weighted by Gasteiger charge is 2.51. The van der Waals surface area contributed by atoms with Crippen molar-refractivity contribution in [2.24, 2.45) is 0 Å². The van der Waals surface area contributed by atoms with Crippen LogP contribution in [-0.4, -0.2) is 35.2 Å². The second-order valence-corrected chi connectivity index (χ2v) is 6.36. The van der Waals surface area contributed by atoms with Crippen molar-refractivity contribution in [3.8, 4) is 5.75 Å². The van der Waals surface area contributed by atoms with E-state index in [9.17, 15) is 19.7 Å². The Bertz CT molecular complexity index is 861. The fourth-order valence-corrected chi connectivity index (χ4v) is 3.12. The maximum atomic E-state index is 12.9. The molecule has 2 aromatic rings. The molecule has 1 saturated heterocycles. The largest absolute Gasteiger partial charge is 0.497 e. The molecule has 0 radical (unpaired) electrons. The Hall–Kier alpha value is -3.22. The van der Waals surface area contributed by atoms with E-state index in [4.69, 9.17) is 4.74 Å². The van der Waals surface area contributed by atoms with Crippen LogP contribution in [0.2, 0.25) is 0 Å². The van der Waals surface area contributed by atoms with Gasteiger partial charge in [-0.3, -0.25) is 19.7 Å². The van der Waals surface area contributed by atoms with Crippen molar-refractivity contribution >= 4 is 17.4 Å². The first kappa shape index (κ1) is 17.6. The molecule has 0 aliphatic carbocycles. The summed E-state index contributed by atoms with van der Waals surface area (Å²) < 4.78 is 5.11. The van der Waals surface area contributed by atoms with Gasteiger partial charge >= 0.3 is 0 Å². The van der Waals surface area contributed by atoms with Crippen molar-refractivity contribution in [2.75, 3.05) is 13.7 Å². The fraction of sp³-hybridized carbons (Fsp3) is 0.263. The van der Waals surface area contributed by atoms with Crippen molar-refractivity contribution in [1.29, 1.82) is 0 Å². The highest BCUT2D eigenvalue weighted by Crippen LogP contribution is 2.34. The molecule has 1 unspecified atom stereocenters. The third-order valence-corrected chi connectivity index (χ3v) is 4.80. The molecule has 3 rings (SSSR count). The number of rotatable bonds is 5. The molecule has 1 aliphatic heterocycles. The number of methoxy groups -OCH3 is 1. The first-order valence-electron chi connectivity index (χ1n) is 8.07. The van der Waals surface area contributed by atoms with E-state index in [0.717, 1.165) is 5.56 Å². The molecule has 1 aliphatic rings. The summed E-state index contributed by atoms with van der Waals surface area (Å²) >= 11 is 0. The summed E-state index contributed by atoms with van der Waals surface area (Å²) in [6.07, 6.45) is 0. The zero-order valence-corrected chi connectivity index (χ0v) is 14.5. The van der Waals surface area contributed by atoms with Crippen molar-refractivity contribution in [3.63, 3.8) is 0 Å². The SMILES string of the molecule is COc1ccc(CN2CC(=O)C(C)(c3ccc([N+](=O)[O-])cc3)C2=O)cc1. The number of nitro benzene ring substituents is 1. The van der Waals surface area contributed by atoms with Gasteiger partial charge in [0.05, 0.1) is 18.6 Å². The van der Waals surface area contributed by atoms with Crippen molar-refractivity contribution in [3.05, 3.63) is 69.8 Å². The number of hydrogen-bond acceptors (Lipinski definition) is 5. The molecule has 7 nitrogen and oxygen atoms in total. The molecule has 0 spiro atoms. The molecule has 0 aromatic heterocycles. The van der Waals surface area contributed by atoms with E-state index >= 15 is 0 Å². The zero-order chi connectivity index (χ0) is 18.9. The number of nitrogens with zero attached hydrogens (tertiary/aromatic N) is 2. The lowest BCUT2D eigenvalue weighted by molar-refractivity contribution is -0.384. The molecule has 1 atom stereocenters. The van der Waals surface area contributed by atoms with E-state index in [2.05, 4.69) is 0 Å². The topological polar surface area (TPSA) is 89.8 Å². The Morgan fingerprint density at radius 1 is 1.12 bits per heavy atom.